The Bertz CT molecular complexity index is 1790. The van der Waals surface area contributed by atoms with Crippen LogP contribution in [0.25, 0.3) is 0 Å². The fraction of sp³-hybridized carbons (Fsp3) is 0.633. The third kappa shape index (κ3) is 20.6. The molecule has 0 aliphatic heterocycles. The summed E-state index contributed by atoms with van der Waals surface area (Å²) in [6.45, 7) is 32.7. The van der Waals surface area contributed by atoms with Crippen molar-refractivity contribution in [2.75, 3.05) is 34.3 Å². The Balaban J connectivity index is 0. The van der Waals surface area contributed by atoms with Crippen molar-refractivity contribution >= 4 is 36.4 Å². The van der Waals surface area contributed by atoms with Crippen LogP contribution >= 0.6 is 0 Å². The van der Waals surface area contributed by atoms with Crippen LogP contribution in [0.5, 0.6) is 23.0 Å². The molecule has 2 aromatic carbocycles. The van der Waals surface area contributed by atoms with E-state index in [0.717, 1.165) is 11.8 Å². The van der Waals surface area contributed by atoms with E-state index in [1.807, 2.05) is 34.6 Å². The lowest BCUT2D eigenvalue weighted by Gasteiger charge is -2.34. The summed E-state index contributed by atoms with van der Waals surface area (Å²) in [6.07, 6.45) is 0.295. The summed E-state index contributed by atoms with van der Waals surface area (Å²) in [6, 6.07) is 9.73. The minimum atomic E-state index is -1.14. The molecule has 0 aromatic heterocycles. The summed E-state index contributed by atoms with van der Waals surface area (Å²) in [5.74, 6) is -0.997. The third-order valence-corrected chi connectivity index (χ3v) is 9.16. The highest BCUT2D eigenvalue weighted by atomic mass is 16.6. The van der Waals surface area contributed by atoms with E-state index in [-0.39, 0.29) is 35.4 Å². The molecule has 2 rings (SSSR count). The minimum absolute atomic E-state index is 0.00928. The summed E-state index contributed by atoms with van der Waals surface area (Å²) >= 11 is 0. The molecule has 0 spiro atoms. The molecule has 2 aromatic rings. The Morgan fingerprint density at radius 3 is 1.35 bits per heavy atom. The first-order chi connectivity index (χ1) is 28.6. The minimum Gasteiger partial charge on any atom is -0.493 e. The summed E-state index contributed by atoms with van der Waals surface area (Å²) in [5, 5.41) is 16.1. The van der Waals surface area contributed by atoms with E-state index in [4.69, 9.17) is 23.7 Å². The van der Waals surface area contributed by atoms with E-state index >= 15 is 0 Å². The molecule has 0 fully saturated rings. The van der Waals surface area contributed by atoms with E-state index in [1.54, 1.807) is 128 Å². The van der Waals surface area contributed by atoms with Gasteiger partial charge in [-0.05, 0) is 126 Å². The van der Waals surface area contributed by atoms with Crippen molar-refractivity contribution in [1.29, 1.82) is 0 Å². The quantitative estimate of drug-likeness (QED) is 0.0926. The number of nitrogens with one attached hydrogen (secondary N) is 2. The zero-order valence-corrected chi connectivity index (χ0v) is 42.1. The zero-order chi connectivity index (χ0) is 49.9. The lowest BCUT2D eigenvalue weighted by Crippen LogP contribution is -2.43. The third-order valence-electron chi connectivity index (χ3n) is 9.16. The number of hydrogen-bond acceptors (Lipinski definition) is 14. The van der Waals surface area contributed by atoms with Gasteiger partial charge in [0, 0.05) is 23.9 Å². The van der Waals surface area contributed by atoms with Gasteiger partial charge in [-0.2, -0.15) is 0 Å². The highest BCUT2D eigenvalue weighted by Crippen LogP contribution is 2.40. The number of ether oxygens (including phenoxy) is 5. The Morgan fingerprint density at radius 1 is 0.571 bits per heavy atom. The van der Waals surface area contributed by atoms with Gasteiger partial charge in [0.2, 0.25) is 0 Å². The van der Waals surface area contributed by atoms with Crippen molar-refractivity contribution in [3.8, 4) is 23.0 Å². The maximum Gasteiger partial charge on any atom is 0.318 e. The number of aldehydes is 2. The van der Waals surface area contributed by atoms with Gasteiger partial charge < -0.3 is 49.0 Å². The van der Waals surface area contributed by atoms with E-state index in [2.05, 4.69) is 10.6 Å². The number of benzene rings is 2. The first-order valence-electron chi connectivity index (χ1n) is 21.2. The van der Waals surface area contributed by atoms with Crippen LogP contribution in [0.3, 0.4) is 0 Å². The fourth-order valence-corrected chi connectivity index (χ4v) is 4.04. The lowest BCUT2D eigenvalue weighted by atomic mass is 9.69. The van der Waals surface area contributed by atoms with Crippen molar-refractivity contribution in [2.45, 2.75) is 137 Å². The second kappa shape index (κ2) is 25.6. The summed E-state index contributed by atoms with van der Waals surface area (Å²) < 4.78 is 27.5. The predicted octanol–water partition coefficient (Wildman–Crippen LogP) is 8.80. The average molecular weight is 889 g/mol. The SMILES string of the molecule is CC.CC(C)(C)C=O.CNCC(O)c1ccc(OC(=O)C(C)(C)C)c(OC(=O)C(C)(C)C(C)(C)C=O)c1.CNCC(OC(=O)C(C)(C)C)c1ccc(OC)c(OC(=O)C(C)(C)C)c1. The van der Waals surface area contributed by atoms with Crippen LogP contribution in [0, 0.1) is 32.5 Å². The van der Waals surface area contributed by atoms with Crippen LogP contribution in [-0.2, 0) is 33.5 Å². The number of likely N-dealkylation sites (N-methyl/N-ethyl adjacent to an activating group) is 2. The normalized spacial score (nSPS) is 12.8. The van der Waals surface area contributed by atoms with Gasteiger partial charge in [-0.25, -0.2) is 0 Å². The Labute approximate surface area is 377 Å². The number of methoxy groups -OCH3 is 1. The van der Waals surface area contributed by atoms with E-state index in [9.17, 15) is 33.9 Å². The molecule has 358 valence electrons. The molecule has 0 bridgehead atoms. The van der Waals surface area contributed by atoms with Gasteiger partial charge in [0.25, 0.3) is 0 Å². The molecular weight excluding hydrogens is 809 g/mol. The van der Waals surface area contributed by atoms with Crippen LogP contribution in [0.2, 0.25) is 0 Å². The fourth-order valence-electron chi connectivity index (χ4n) is 4.04. The maximum absolute atomic E-state index is 12.9. The van der Waals surface area contributed by atoms with Gasteiger partial charge in [-0.1, -0.05) is 60.6 Å². The largest absolute Gasteiger partial charge is 0.493 e. The monoisotopic (exact) mass is 889 g/mol. The second-order valence-electron chi connectivity index (χ2n) is 20.0. The molecule has 0 amide bonds. The number of aliphatic hydroxyl groups excluding tert-OH is 1. The second-order valence-corrected chi connectivity index (χ2v) is 20.0. The van der Waals surface area contributed by atoms with Crippen molar-refractivity contribution in [2.24, 2.45) is 32.5 Å². The Morgan fingerprint density at radius 2 is 0.952 bits per heavy atom. The van der Waals surface area contributed by atoms with E-state index in [1.165, 1.54) is 19.2 Å². The molecule has 0 saturated carbocycles. The van der Waals surface area contributed by atoms with E-state index < -0.39 is 51.2 Å². The van der Waals surface area contributed by atoms with Gasteiger partial charge >= 0.3 is 23.9 Å². The highest BCUT2D eigenvalue weighted by molar-refractivity contribution is 5.85. The average Bonchev–Trinajstić information content (AvgIpc) is 3.18. The van der Waals surface area contributed by atoms with Crippen molar-refractivity contribution < 1.29 is 57.6 Å². The molecule has 2 unspecified atom stereocenters. The molecule has 3 N–H and O–H groups in total. The standard InChI is InChI=1S/C22H33NO6.C20H31NO5.C5H10O.C2H6/c1-20(2,3)18(26)28-16-10-9-14(15(25)12-23-8)11-17(16)29-19(27)22(6,7)21(4,5)13-24;1-19(2,3)17(22)25-15-11-13(9-10-14(15)24-8)16(12-21-7)26-18(23)20(4,5)6;1-5(2,3)4-6;1-2/h9-11,13,15,23,25H,12H2,1-8H3;9-11,16,21H,12H2,1-8H3;4H,1-3H3;1-2H3. The van der Waals surface area contributed by atoms with Crippen molar-refractivity contribution in [3.05, 3.63) is 47.5 Å². The highest BCUT2D eigenvalue weighted by Gasteiger charge is 2.45. The van der Waals surface area contributed by atoms with Crippen LogP contribution in [0.1, 0.15) is 148 Å². The van der Waals surface area contributed by atoms with Crippen molar-refractivity contribution in [3.63, 3.8) is 0 Å². The number of carbonyl (C=O) groups is 6. The number of hydrogen-bond donors (Lipinski definition) is 3. The number of carbonyl (C=O) groups excluding carboxylic acids is 6. The van der Waals surface area contributed by atoms with E-state index in [0.29, 0.717) is 29.9 Å². The smallest absolute Gasteiger partial charge is 0.318 e. The molecule has 63 heavy (non-hydrogen) atoms. The molecule has 2 atom stereocenters. The Hall–Kier alpha value is -4.66. The van der Waals surface area contributed by atoms with Gasteiger partial charge in [-0.15, -0.1) is 0 Å². The molecule has 0 aliphatic carbocycles. The number of rotatable bonds is 14. The van der Waals surface area contributed by atoms with Crippen LogP contribution in [-0.4, -0.2) is 75.9 Å². The van der Waals surface area contributed by atoms with Gasteiger partial charge in [0.1, 0.15) is 18.7 Å². The Kier molecular flexibility index (Phi) is 24.5. The molecule has 0 radical (unpaired) electrons. The summed E-state index contributed by atoms with van der Waals surface area (Å²) in [4.78, 5) is 71.0. The molecular formula is C49H80N2O12. The molecule has 14 nitrogen and oxygen atoms in total. The summed E-state index contributed by atoms with van der Waals surface area (Å²) in [5.41, 5.74) is -3.07. The zero-order valence-electron chi connectivity index (χ0n) is 42.1. The van der Waals surface area contributed by atoms with Gasteiger partial charge in [0.15, 0.2) is 23.0 Å². The lowest BCUT2D eigenvalue weighted by molar-refractivity contribution is -0.159. The predicted molar refractivity (Wildman–Crippen MR) is 247 cm³/mol. The van der Waals surface area contributed by atoms with Crippen LogP contribution in [0.15, 0.2) is 36.4 Å². The van der Waals surface area contributed by atoms with Crippen LogP contribution < -0.4 is 29.6 Å². The molecule has 14 heteroatoms. The molecule has 0 aliphatic rings. The first-order valence-corrected chi connectivity index (χ1v) is 21.2. The van der Waals surface area contributed by atoms with Crippen LogP contribution in [0.4, 0.5) is 0 Å². The summed E-state index contributed by atoms with van der Waals surface area (Å²) in [7, 11) is 4.99. The first kappa shape index (κ1) is 60.4. The topological polar surface area (TPSA) is 193 Å². The number of esters is 4. The van der Waals surface area contributed by atoms with Gasteiger partial charge in [0.05, 0.1) is 34.9 Å². The molecule has 0 heterocycles. The maximum atomic E-state index is 12.9. The number of aliphatic hydroxyl groups is 1. The van der Waals surface area contributed by atoms with Crippen molar-refractivity contribution in [1.82, 2.24) is 10.6 Å². The van der Waals surface area contributed by atoms with Gasteiger partial charge in [-0.3, -0.25) is 19.2 Å². The molecule has 0 saturated heterocycles.